The first-order valence-corrected chi connectivity index (χ1v) is 41.9. The number of esters is 2. The average Bonchev–Trinajstić information content (AvgIpc) is 2.75. The highest BCUT2D eigenvalue weighted by molar-refractivity contribution is 7.47. The van der Waals surface area contributed by atoms with E-state index in [-0.39, 0.29) is 38.6 Å². The topological polar surface area (TPSA) is 134 Å². The Morgan fingerprint density at radius 1 is 0.326 bits per heavy atom. The van der Waals surface area contributed by atoms with Gasteiger partial charge in [-0.05, 0) is 103 Å². The molecule has 0 aromatic heterocycles. The number of allylic oxidation sites excluding steroid dienone is 18. The molecule has 0 bridgehead atoms. The van der Waals surface area contributed by atoms with Crippen LogP contribution in [-0.4, -0.2) is 49.3 Å². The normalized spacial score (nSPS) is 13.4. The molecule has 0 amide bonds. The lowest BCUT2D eigenvalue weighted by Crippen LogP contribution is -2.29. The van der Waals surface area contributed by atoms with Gasteiger partial charge in [0.25, 0.3) is 0 Å². The highest BCUT2D eigenvalue weighted by atomic mass is 31.2. The Balaban J connectivity index is 3.78. The molecular weight excluding hydrogens is 1190 g/mol. The number of ether oxygens (including phenoxy) is 2. The summed E-state index contributed by atoms with van der Waals surface area (Å²) in [7, 11) is -4.40. The van der Waals surface area contributed by atoms with E-state index in [0.717, 1.165) is 83.5 Å². The summed E-state index contributed by atoms with van der Waals surface area (Å²) in [5.74, 6) is -0.810. The van der Waals surface area contributed by atoms with Gasteiger partial charge in [-0.15, -0.1) is 0 Å². The number of phosphoric ester groups is 1. The SMILES string of the molecule is CC/C=C\C/C=C\C/C=C\C/C=C\C/C=C\C/C=C\CCCCCCCCCCCCCCCCCCCCCCCCC(=O)OC(COC(=O)CCCCCCCCCCCCCCCCCCCC/C=C\C/C=C\C/C=C\CCCCCCC)COP(=O)(O)OCCN. The predicted molar refractivity (Wildman–Crippen MR) is 413 cm³/mol. The van der Waals surface area contributed by atoms with Crippen molar-refractivity contribution in [2.45, 2.75) is 392 Å². The summed E-state index contributed by atoms with van der Waals surface area (Å²) in [6, 6.07) is 0. The highest BCUT2D eigenvalue weighted by Gasteiger charge is 2.26. The molecule has 9 nitrogen and oxygen atoms in total. The number of phosphoric acid groups is 1. The van der Waals surface area contributed by atoms with Gasteiger partial charge in [0.2, 0.25) is 0 Å². The third kappa shape index (κ3) is 79.5. The molecule has 0 spiro atoms. The van der Waals surface area contributed by atoms with Crippen LogP contribution in [0.15, 0.2) is 109 Å². The quantitative estimate of drug-likeness (QED) is 0.0264. The Kier molecular flexibility index (Phi) is 76.9. The molecule has 0 aliphatic carbocycles. The Bertz CT molecular complexity index is 1930. The van der Waals surface area contributed by atoms with Crippen molar-refractivity contribution in [3.05, 3.63) is 109 Å². The molecule has 0 aliphatic heterocycles. The van der Waals surface area contributed by atoms with Gasteiger partial charge in [0.05, 0.1) is 13.2 Å². The summed E-state index contributed by atoms with van der Waals surface area (Å²) in [5, 5.41) is 0. The van der Waals surface area contributed by atoms with E-state index in [1.54, 1.807) is 0 Å². The Labute approximate surface area is 588 Å². The number of unbranched alkanes of at least 4 members (excludes halogenated alkanes) is 45. The van der Waals surface area contributed by atoms with Crippen LogP contribution in [0.4, 0.5) is 0 Å². The van der Waals surface area contributed by atoms with Crippen molar-refractivity contribution in [3.63, 3.8) is 0 Å². The molecule has 2 unspecified atom stereocenters. The van der Waals surface area contributed by atoms with Crippen LogP contribution in [0, 0.1) is 0 Å². The lowest BCUT2D eigenvalue weighted by Gasteiger charge is -2.19. The zero-order chi connectivity index (χ0) is 68.6. The summed E-state index contributed by atoms with van der Waals surface area (Å²) in [6.07, 6.45) is 111. The minimum Gasteiger partial charge on any atom is -0.462 e. The lowest BCUT2D eigenvalue weighted by atomic mass is 10.0. The van der Waals surface area contributed by atoms with Crippen LogP contribution in [0.3, 0.4) is 0 Å². The summed E-state index contributed by atoms with van der Waals surface area (Å²) in [4.78, 5) is 35.5. The fraction of sp³-hybridized carbons (Fsp3) is 0.765. The zero-order valence-electron chi connectivity index (χ0n) is 62.1. The van der Waals surface area contributed by atoms with E-state index >= 15 is 0 Å². The van der Waals surface area contributed by atoms with Crippen molar-refractivity contribution in [2.24, 2.45) is 5.73 Å². The molecule has 0 rings (SSSR count). The molecule has 3 N–H and O–H groups in total. The summed E-state index contributed by atoms with van der Waals surface area (Å²) < 4.78 is 33.3. The van der Waals surface area contributed by atoms with Gasteiger partial charge in [-0.25, -0.2) is 4.57 Å². The summed E-state index contributed by atoms with van der Waals surface area (Å²) in [6.45, 7) is 3.67. The van der Waals surface area contributed by atoms with E-state index in [4.69, 9.17) is 24.3 Å². The van der Waals surface area contributed by atoms with E-state index in [1.807, 2.05) is 0 Å². The van der Waals surface area contributed by atoms with Crippen molar-refractivity contribution in [3.8, 4) is 0 Å². The second kappa shape index (κ2) is 79.7. The highest BCUT2D eigenvalue weighted by Crippen LogP contribution is 2.43. The Morgan fingerprint density at radius 3 is 0.863 bits per heavy atom. The maximum absolute atomic E-state index is 12.8. The molecule has 0 heterocycles. The minimum atomic E-state index is -4.40. The standard InChI is InChI=1S/C85H152NO8P/c1-3-5-7-9-11-13-15-17-19-21-23-25-27-29-31-33-35-37-38-39-40-41-42-43-44-46-48-50-52-54-56-58-60-62-64-66-68-70-72-74-76-78-85(88)94-83(82-93-95(89,90)92-80-79-86)81-91-84(87)77-75-73-71-69-67-65-63-61-59-57-55-53-51-49-47-45-36-34-32-30-28-26-24-22-20-18-16-14-12-10-8-6-4-2/h5,7,11,13,16-19,22-25,28-31,35,37,83H,3-4,6,8-10,12,14-15,20-21,26-27,32-34,36,38-82,86H2,1-2H3,(H,89,90)/b7-5-,13-11-,18-16-,19-17-,24-22-,25-23-,30-28-,31-29-,37-35-. The van der Waals surface area contributed by atoms with Gasteiger partial charge in [-0.1, -0.05) is 380 Å². The van der Waals surface area contributed by atoms with Crippen LogP contribution in [0.2, 0.25) is 0 Å². The van der Waals surface area contributed by atoms with Gasteiger partial charge in [0.15, 0.2) is 6.10 Å². The van der Waals surface area contributed by atoms with Crippen LogP contribution in [0.5, 0.6) is 0 Å². The minimum absolute atomic E-state index is 0.0529. The first kappa shape index (κ1) is 91.7. The van der Waals surface area contributed by atoms with Crippen molar-refractivity contribution >= 4 is 19.8 Å². The van der Waals surface area contributed by atoms with Gasteiger partial charge >= 0.3 is 19.8 Å². The molecule has 0 fully saturated rings. The number of rotatable bonds is 76. The molecule has 10 heteroatoms. The van der Waals surface area contributed by atoms with E-state index < -0.39 is 26.5 Å². The van der Waals surface area contributed by atoms with E-state index in [9.17, 15) is 19.0 Å². The van der Waals surface area contributed by atoms with E-state index in [2.05, 4.69) is 123 Å². The number of hydrogen-bond acceptors (Lipinski definition) is 8. The number of carbonyl (C=O) groups excluding carboxylic acids is 2. The Hall–Kier alpha value is -3.33. The molecule has 0 aliphatic rings. The molecule has 0 saturated heterocycles. The van der Waals surface area contributed by atoms with Crippen molar-refractivity contribution in [1.82, 2.24) is 0 Å². The summed E-state index contributed by atoms with van der Waals surface area (Å²) in [5.41, 5.74) is 5.42. The Morgan fingerprint density at radius 2 is 0.579 bits per heavy atom. The number of hydrogen-bond donors (Lipinski definition) is 2. The van der Waals surface area contributed by atoms with Crippen LogP contribution in [0.25, 0.3) is 0 Å². The monoisotopic (exact) mass is 1350 g/mol. The second-order valence-corrected chi connectivity index (χ2v) is 28.4. The number of nitrogens with two attached hydrogens (primary N) is 1. The third-order valence-electron chi connectivity index (χ3n) is 17.6. The third-order valence-corrected chi connectivity index (χ3v) is 18.6. The average molecular weight is 1350 g/mol. The van der Waals surface area contributed by atoms with E-state index in [0.29, 0.717) is 6.42 Å². The molecule has 0 radical (unpaired) electrons. The fourth-order valence-electron chi connectivity index (χ4n) is 11.7. The van der Waals surface area contributed by atoms with Gasteiger partial charge in [-0.2, -0.15) is 0 Å². The first-order valence-electron chi connectivity index (χ1n) is 40.4. The molecule has 95 heavy (non-hydrogen) atoms. The molecule has 2 atom stereocenters. The molecule has 0 aromatic rings. The first-order chi connectivity index (χ1) is 46.8. The number of carbonyl (C=O) groups is 2. The van der Waals surface area contributed by atoms with E-state index in [1.165, 1.54) is 270 Å². The maximum atomic E-state index is 12.8. The van der Waals surface area contributed by atoms with Crippen LogP contribution in [-0.2, 0) is 32.7 Å². The zero-order valence-corrected chi connectivity index (χ0v) is 63.0. The van der Waals surface area contributed by atoms with Crippen LogP contribution < -0.4 is 5.73 Å². The maximum Gasteiger partial charge on any atom is 0.472 e. The summed E-state index contributed by atoms with van der Waals surface area (Å²) >= 11 is 0. The van der Waals surface area contributed by atoms with Gasteiger partial charge < -0.3 is 20.1 Å². The van der Waals surface area contributed by atoms with Gasteiger partial charge in [-0.3, -0.25) is 18.6 Å². The van der Waals surface area contributed by atoms with Crippen LogP contribution in [0.1, 0.15) is 386 Å². The molecule has 0 saturated carbocycles. The largest absolute Gasteiger partial charge is 0.472 e. The van der Waals surface area contributed by atoms with Gasteiger partial charge in [0.1, 0.15) is 6.61 Å². The van der Waals surface area contributed by atoms with Crippen molar-refractivity contribution in [1.29, 1.82) is 0 Å². The fourth-order valence-corrected chi connectivity index (χ4v) is 12.5. The van der Waals surface area contributed by atoms with Crippen molar-refractivity contribution < 1.29 is 37.6 Å². The molecule has 0 aromatic carbocycles. The lowest BCUT2D eigenvalue weighted by molar-refractivity contribution is -0.161. The van der Waals surface area contributed by atoms with Gasteiger partial charge in [0, 0.05) is 19.4 Å². The second-order valence-electron chi connectivity index (χ2n) is 26.9. The van der Waals surface area contributed by atoms with Crippen LogP contribution >= 0.6 is 7.82 Å². The molecular formula is C85H152NO8P. The molecule has 550 valence electrons. The van der Waals surface area contributed by atoms with Crippen molar-refractivity contribution in [2.75, 3.05) is 26.4 Å². The smallest absolute Gasteiger partial charge is 0.462 e. The predicted octanol–water partition coefficient (Wildman–Crippen LogP) is 27.2.